The fraction of sp³-hybridized carbons (Fsp3) is 0.0952. The Morgan fingerprint density at radius 1 is 0.792 bits per heavy atom. The topological polar surface area (TPSA) is 29.1 Å². The highest BCUT2D eigenvalue weighted by Crippen LogP contribution is 2.25. The molecule has 1 amide bonds. The second-order valence-electron chi connectivity index (χ2n) is 5.51. The number of amides is 1. The fourth-order valence-corrected chi connectivity index (χ4v) is 3.30. The van der Waals surface area contributed by atoms with Crippen molar-refractivity contribution in [2.75, 3.05) is 5.32 Å². The Labute approximate surface area is 146 Å². The molecule has 0 aliphatic heterocycles. The SMILES string of the molecule is O=C(Cc1ccccc1)Nc1cccc(SCc2ccccc2)c1. The number of anilines is 1. The molecule has 1 N–H and O–H groups in total. The van der Waals surface area contributed by atoms with E-state index in [-0.39, 0.29) is 5.91 Å². The van der Waals surface area contributed by atoms with Crippen LogP contribution >= 0.6 is 11.8 Å². The van der Waals surface area contributed by atoms with Crippen molar-refractivity contribution in [1.29, 1.82) is 0 Å². The minimum Gasteiger partial charge on any atom is -0.326 e. The van der Waals surface area contributed by atoms with Gasteiger partial charge in [-0.3, -0.25) is 4.79 Å². The Hall–Kier alpha value is -2.52. The van der Waals surface area contributed by atoms with Crippen molar-refractivity contribution in [3.8, 4) is 0 Å². The highest BCUT2D eigenvalue weighted by atomic mass is 32.2. The molecular weight excluding hydrogens is 314 g/mol. The number of nitrogens with one attached hydrogen (secondary N) is 1. The summed E-state index contributed by atoms with van der Waals surface area (Å²) in [6.45, 7) is 0. The standard InChI is InChI=1S/C21H19NOS/c23-21(14-17-8-3-1-4-9-17)22-19-12-7-13-20(15-19)24-16-18-10-5-2-6-11-18/h1-13,15H,14,16H2,(H,22,23). The summed E-state index contributed by atoms with van der Waals surface area (Å²) in [5.41, 5.74) is 3.15. The molecule has 0 fully saturated rings. The number of hydrogen-bond donors (Lipinski definition) is 1. The van der Waals surface area contributed by atoms with E-state index in [2.05, 4.69) is 35.6 Å². The van der Waals surface area contributed by atoms with Crippen molar-refractivity contribution in [2.24, 2.45) is 0 Å². The molecule has 0 aliphatic carbocycles. The van der Waals surface area contributed by atoms with E-state index in [1.54, 1.807) is 11.8 Å². The maximum absolute atomic E-state index is 12.2. The normalized spacial score (nSPS) is 10.3. The summed E-state index contributed by atoms with van der Waals surface area (Å²) < 4.78 is 0. The smallest absolute Gasteiger partial charge is 0.228 e. The van der Waals surface area contributed by atoms with Crippen molar-refractivity contribution in [3.05, 3.63) is 96.1 Å². The van der Waals surface area contributed by atoms with Crippen molar-refractivity contribution in [1.82, 2.24) is 0 Å². The predicted molar refractivity (Wildman–Crippen MR) is 101 cm³/mol. The number of carbonyl (C=O) groups excluding carboxylic acids is 1. The zero-order valence-electron chi connectivity index (χ0n) is 13.3. The summed E-state index contributed by atoms with van der Waals surface area (Å²) in [7, 11) is 0. The van der Waals surface area contributed by atoms with Crippen molar-refractivity contribution < 1.29 is 4.79 Å². The molecule has 24 heavy (non-hydrogen) atoms. The summed E-state index contributed by atoms with van der Waals surface area (Å²) in [5, 5.41) is 2.98. The van der Waals surface area contributed by atoms with E-state index in [0.717, 1.165) is 21.9 Å². The molecule has 3 rings (SSSR count). The van der Waals surface area contributed by atoms with Gasteiger partial charge in [-0.25, -0.2) is 0 Å². The molecule has 2 nitrogen and oxygen atoms in total. The molecule has 0 atom stereocenters. The van der Waals surface area contributed by atoms with Gasteiger partial charge in [0.25, 0.3) is 0 Å². The van der Waals surface area contributed by atoms with E-state index in [1.165, 1.54) is 5.56 Å². The quantitative estimate of drug-likeness (QED) is 0.631. The highest BCUT2D eigenvalue weighted by Gasteiger charge is 2.05. The molecule has 0 aliphatic rings. The van der Waals surface area contributed by atoms with E-state index in [0.29, 0.717) is 6.42 Å². The van der Waals surface area contributed by atoms with E-state index < -0.39 is 0 Å². The maximum atomic E-state index is 12.2. The van der Waals surface area contributed by atoms with Gasteiger partial charge in [0.2, 0.25) is 5.91 Å². The average molecular weight is 333 g/mol. The first kappa shape index (κ1) is 16.3. The summed E-state index contributed by atoms with van der Waals surface area (Å²) in [6, 6.07) is 28.2. The first-order chi connectivity index (χ1) is 11.8. The number of carbonyl (C=O) groups is 1. The molecule has 0 saturated heterocycles. The number of thioether (sulfide) groups is 1. The number of benzene rings is 3. The van der Waals surface area contributed by atoms with Crippen LogP contribution in [0.4, 0.5) is 5.69 Å². The molecular formula is C21H19NOS. The Bertz CT molecular complexity index is 787. The third-order valence-corrected chi connectivity index (χ3v) is 4.64. The second kappa shape index (κ2) is 8.37. The van der Waals surface area contributed by atoms with E-state index in [9.17, 15) is 4.79 Å². The van der Waals surface area contributed by atoms with Crippen LogP contribution < -0.4 is 5.32 Å². The number of hydrogen-bond acceptors (Lipinski definition) is 2. The molecule has 3 aromatic rings. The molecule has 0 unspecified atom stereocenters. The first-order valence-corrected chi connectivity index (χ1v) is 8.89. The fourth-order valence-electron chi connectivity index (χ4n) is 2.39. The van der Waals surface area contributed by atoms with E-state index in [4.69, 9.17) is 0 Å². The van der Waals surface area contributed by atoms with Crippen LogP contribution in [0.5, 0.6) is 0 Å². The predicted octanol–water partition coefficient (Wildman–Crippen LogP) is 5.16. The Morgan fingerprint density at radius 3 is 2.17 bits per heavy atom. The minimum atomic E-state index is 0.00593. The summed E-state index contributed by atoms with van der Waals surface area (Å²) in [4.78, 5) is 13.3. The van der Waals surface area contributed by atoms with Gasteiger partial charge in [-0.15, -0.1) is 11.8 Å². The molecule has 0 bridgehead atoms. The van der Waals surface area contributed by atoms with Gasteiger partial charge in [0.15, 0.2) is 0 Å². The van der Waals surface area contributed by atoms with E-state index >= 15 is 0 Å². The van der Waals surface area contributed by atoms with Gasteiger partial charge >= 0.3 is 0 Å². The average Bonchev–Trinajstić information content (AvgIpc) is 2.62. The summed E-state index contributed by atoms with van der Waals surface area (Å²) >= 11 is 1.77. The lowest BCUT2D eigenvalue weighted by Gasteiger charge is -2.08. The summed E-state index contributed by atoms with van der Waals surface area (Å²) in [6.07, 6.45) is 0.391. The first-order valence-electron chi connectivity index (χ1n) is 7.90. The lowest BCUT2D eigenvalue weighted by Crippen LogP contribution is -2.14. The van der Waals surface area contributed by atoms with Crippen LogP contribution in [-0.4, -0.2) is 5.91 Å². The zero-order valence-corrected chi connectivity index (χ0v) is 14.1. The van der Waals surface area contributed by atoms with Crippen LogP contribution in [0.25, 0.3) is 0 Å². The van der Waals surface area contributed by atoms with Crippen LogP contribution in [-0.2, 0) is 17.0 Å². The molecule has 0 spiro atoms. The third kappa shape index (κ3) is 5.00. The zero-order chi connectivity index (χ0) is 16.6. The monoisotopic (exact) mass is 333 g/mol. The Balaban J connectivity index is 1.57. The maximum Gasteiger partial charge on any atom is 0.228 e. The van der Waals surface area contributed by atoms with Gasteiger partial charge in [-0.2, -0.15) is 0 Å². The van der Waals surface area contributed by atoms with Gasteiger partial charge in [0.1, 0.15) is 0 Å². The van der Waals surface area contributed by atoms with Crippen LogP contribution in [0.2, 0.25) is 0 Å². The molecule has 0 aromatic heterocycles. The lowest BCUT2D eigenvalue weighted by molar-refractivity contribution is -0.115. The largest absolute Gasteiger partial charge is 0.326 e. The minimum absolute atomic E-state index is 0.00593. The Morgan fingerprint density at radius 2 is 1.46 bits per heavy atom. The molecule has 3 heteroatoms. The van der Waals surface area contributed by atoms with Crippen LogP contribution in [0.15, 0.2) is 89.8 Å². The number of rotatable bonds is 6. The van der Waals surface area contributed by atoms with Gasteiger partial charge in [0, 0.05) is 16.3 Å². The van der Waals surface area contributed by atoms with Crippen LogP contribution in [0, 0.1) is 0 Å². The molecule has 3 aromatic carbocycles. The molecule has 0 heterocycles. The van der Waals surface area contributed by atoms with Gasteiger partial charge in [-0.05, 0) is 29.3 Å². The third-order valence-electron chi connectivity index (χ3n) is 3.57. The van der Waals surface area contributed by atoms with E-state index in [1.807, 2.05) is 54.6 Å². The van der Waals surface area contributed by atoms with Gasteiger partial charge in [0.05, 0.1) is 6.42 Å². The Kier molecular flexibility index (Phi) is 5.70. The highest BCUT2D eigenvalue weighted by molar-refractivity contribution is 7.98. The van der Waals surface area contributed by atoms with Crippen LogP contribution in [0.1, 0.15) is 11.1 Å². The summed E-state index contributed by atoms with van der Waals surface area (Å²) in [5.74, 6) is 0.925. The van der Waals surface area contributed by atoms with Gasteiger partial charge in [-0.1, -0.05) is 66.7 Å². The second-order valence-corrected chi connectivity index (χ2v) is 6.56. The van der Waals surface area contributed by atoms with Gasteiger partial charge < -0.3 is 5.32 Å². The molecule has 0 radical (unpaired) electrons. The van der Waals surface area contributed by atoms with Crippen molar-refractivity contribution in [3.63, 3.8) is 0 Å². The van der Waals surface area contributed by atoms with Crippen molar-refractivity contribution >= 4 is 23.4 Å². The molecule has 0 saturated carbocycles. The lowest BCUT2D eigenvalue weighted by atomic mass is 10.1. The van der Waals surface area contributed by atoms with Crippen molar-refractivity contribution in [2.45, 2.75) is 17.1 Å². The molecule has 120 valence electrons. The van der Waals surface area contributed by atoms with Crippen LogP contribution in [0.3, 0.4) is 0 Å².